The maximum atomic E-state index is 6.97. The van der Waals surface area contributed by atoms with Crippen molar-refractivity contribution in [1.29, 1.82) is 0 Å². The molecule has 2 spiro atoms. The predicted molar refractivity (Wildman–Crippen MR) is 136 cm³/mol. The molecule has 0 aromatic heterocycles. The maximum Gasteiger partial charge on any atom is 0.210 e. The van der Waals surface area contributed by atoms with E-state index in [1.165, 1.54) is 69.8 Å². The first-order chi connectivity index (χ1) is 17.7. The first kappa shape index (κ1) is 23.9. The lowest BCUT2D eigenvalue weighted by Gasteiger charge is -2.57. The van der Waals surface area contributed by atoms with Crippen molar-refractivity contribution >= 4 is 0 Å². The van der Waals surface area contributed by atoms with E-state index >= 15 is 0 Å². The third-order valence-electron chi connectivity index (χ3n) is 10.6. The van der Waals surface area contributed by atoms with E-state index < -0.39 is 11.6 Å². The number of unbranched alkanes of at least 4 members (excludes halogenated alkanes) is 1. The summed E-state index contributed by atoms with van der Waals surface area (Å²) < 4.78 is 18.5. The molecule has 8 rings (SSSR count). The van der Waals surface area contributed by atoms with E-state index in [1.807, 2.05) is 0 Å². The van der Waals surface area contributed by atoms with Gasteiger partial charge in [0.25, 0.3) is 0 Å². The molecule has 198 valence electrons. The topological polar surface area (TPSA) is 46.2 Å². The van der Waals surface area contributed by atoms with Crippen LogP contribution in [0.5, 0.6) is 5.75 Å². The number of hydrogen-bond acceptors (Lipinski definition) is 5. The highest BCUT2D eigenvalue weighted by atomic mass is 17.3. The fourth-order valence-corrected chi connectivity index (χ4v) is 8.86. The Bertz CT molecular complexity index is 865. The molecule has 0 radical (unpaired) electrons. The van der Waals surface area contributed by atoms with Crippen molar-refractivity contribution in [3.8, 4) is 5.75 Å². The summed E-state index contributed by atoms with van der Waals surface area (Å²) in [6.45, 7) is 2.70. The van der Waals surface area contributed by atoms with Gasteiger partial charge < -0.3 is 14.2 Å². The fraction of sp³-hybridized carbons (Fsp3) is 0.806. The second kappa shape index (κ2) is 9.87. The summed E-state index contributed by atoms with van der Waals surface area (Å²) in [6.07, 6.45) is 16.8. The summed E-state index contributed by atoms with van der Waals surface area (Å²) in [4.78, 5) is 12.5. The Hall–Kier alpha value is -1.14. The summed E-state index contributed by atoms with van der Waals surface area (Å²) >= 11 is 0. The zero-order chi connectivity index (χ0) is 24.0. The quantitative estimate of drug-likeness (QED) is 0.296. The molecule has 2 saturated heterocycles. The maximum absolute atomic E-state index is 6.97. The van der Waals surface area contributed by atoms with Gasteiger partial charge in [-0.3, -0.25) is 0 Å². The lowest BCUT2D eigenvalue weighted by atomic mass is 9.53. The molecule has 2 aliphatic heterocycles. The molecule has 7 aliphatic rings. The zero-order valence-electron chi connectivity index (χ0n) is 21.8. The van der Waals surface area contributed by atoms with Crippen molar-refractivity contribution in [1.82, 2.24) is 0 Å². The van der Waals surface area contributed by atoms with E-state index in [-0.39, 0.29) is 0 Å². The Morgan fingerprint density at radius 2 is 1.58 bits per heavy atom. The van der Waals surface area contributed by atoms with E-state index in [1.54, 1.807) is 0 Å². The largest absolute Gasteiger partial charge is 0.494 e. The van der Waals surface area contributed by atoms with Crippen LogP contribution in [-0.2, 0) is 19.2 Å². The van der Waals surface area contributed by atoms with Gasteiger partial charge in [-0.2, -0.15) is 9.78 Å². The fourth-order valence-electron chi connectivity index (χ4n) is 8.86. The van der Waals surface area contributed by atoms with E-state index in [0.29, 0.717) is 17.8 Å². The van der Waals surface area contributed by atoms with Crippen LogP contribution in [0.1, 0.15) is 101 Å². The van der Waals surface area contributed by atoms with E-state index in [0.717, 1.165) is 69.0 Å². The van der Waals surface area contributed by atoms with E-state index in [4.69, 9.17) is 24.0 Å². The third-order valence-corrected chi connectivity index (χ3v) is 10.6. The van der Waals surface area contributed by atoms with Crippen molar-refractivity contribution in [2.24, 2.45) is 29.6 Å². The van der Waals surface area contributed by atoms with Crippen LogP contribution in [0.4, 0.5) is 0 Å². The Kier molecular flexibility index (Phi) is 6.56. The van der Waals surface area contributed by atoms with Crippen LogP contribution in [0.2, 0.25) is 0 Å². The highest BCUT2D eigenvalue weighted by Gasteiger charge is 2.67. The minimum absolute atomic E-state index is 0.447. The number of ether oxygens (including phenoxy) is 3. The van der Waals surface area contributed by atoms with Gasteiger partial charge in [-0.15, -0.1) is 0 Å². The lowest BCUT2D eigenvalue weighted by molar-refractivity contribution is -0.390. The second-order valence-electron chi connectivity index (χ2n) is 13.0. The van der Waals surface area contributed by atoms with E-state index in [9.17, 15) is 0 Å². The Labute approximate surface area is 216 Å². The minimum atomic E-state index is -0.558. The molecule has 5 aliphatic carbocycles. The van der Waals surface area contributed by atoms with Crippen molar-refractivity contribution in [2.75, 3.05) is 19.8 Å². The van der Waals surface area contributed by atoms with Gasteiger partial charge in [-0.05, 0) is 112 Å². The molecule has 4 bridgehead atoms. The van der Waals surface area contributed by atoms with Crippen LogP contribution in [0.15, 0.2) is 24.3 Å². The first-order valence-corrected chi connectivity index (χ1v) is 15.1. The Morgan fingerprint density at radius 3 is 2.33 bits per heavy atom. The van der Waals surface area contributed by atoms with E-state index in [2.05, 4.69) is 24.3 Å². The van der Waals surface area contributed by atoms with Gasteiger partial charge in [0, 0.05) is 37.9 Å². The van der Waals surface area contributed by atoms with Gasteiger partial charge in [0.1, 0.15) is 5.75 Å². The van der Waals surface area contributed by atoms with Crippen molar-refractivity contribution in [3.05, 3.63) is 29.8 Å². The molecule has 2 atom stereocenters. The highest BCUT2D eigenvalue weighted by Crippen LogP contribution is 2.64. The van der Waals surface area contributed by atoms with Gasteiger partial charge in [0.05, 0.1) is 6.61 Å². The molecule has 5 nitrogen and oxygen atoms in total. The minimum Gasteiger partial charge on any atom is -0.494 e. The zero-order valence-corrected chi connectivity index (χ0v) is 21.8. The standard InChI is InChI=1S/C31H44O5/c1(4-22-10-14-32-15-11-22)2-13-33-29-8-6-25(7-9-29)26-5-3-12-30(21-26)34-31(36-35-30)27-17-23-16-24(19-27)20-28(31)18-23/h6-9,22-24,26-28H,1-5,10-21H2/t23?,24?,26-,27?,28?,30-,31?/m1/s1. The molecule has 0 unspecified atom stereocenters. The molecule has 0 N–H and O–H groups in total. The van der Waals surface area contributed by atoms with Crippen LogP contribution in [-0.4, -0.2) is 31.4 Å². The second-order valence-corrected chi connectivity index (χ2v) is 13.0. The molecule has 2 heterocycles. The van der Waals surface area contributed by atoms with Gasteiger partial charge in [-0.1, -0.05) is 18.6 Å². The molecule has 1 aromatic carbocycles. The molecule has 0 amide bonds. The summed E-state index contributed by atoms with van der Waals surface area (Å²) in [5.41, 5.74) is 1.37. The average molecular weight is 497 g/mol. The molecular weight excluding hydrogens is 452 g/mol. The summed E-state index contributed by atoms with van der Waals surface area (Å²) in [7, 11) is 0. The highest BCUT2D eigenvalue weighted by molar-refractivity contribution is 5.30. The van der Waals surface area contributed by atoms with Gasteiger partial charge in [-0.25, -0.2) is 0 Å². The summed E-state index contributed by atoms with van der Waals surface area (Å²) in [6, 6.07) is 8.83. The van der Waals surface area contributed by atoms with Crippen LogP contribution in [0.25, 0.3) is 0 Å². The Morgan fingerprint density at radius 1 is 0.833 bits per heavy atom. The number of hydrogen-bond donors (Lipinski definition) is 0. The van der Waals surface area contributed by atoms with Crippen LogP contribution in [0.3, 0.4) is 0 Å². The lowest BCUT2D eigenvalue weighted by Crippen LogP contribution is -2.59. The smallest absolute Gasteiger partial charge is 0.210 e. The monoisotopic (exact) mass is 496 g/mol. The molecular formula is C31H44O5. The normalized spacial score (nSPS) is 41.9. The molecule has 1 aromatic rings. The number of benzene rings is 1. The molecule has 5 heteroatoms. The van der Waals surface area contributed by atoms with Crippen LogP contribution < -0.4 is 4.74 Å². The van der Waals surface area contributed by atoms with Gasteiger partial charge in [0.15, 0.2) is 0 Å². The third kappa shape index (κ3) is 4.52. The predicted octanol–water partition coefficient (Wildman–Crippen LogP) is 7.15. The number of rotatable bonds is 7. The molecule has 36 heavy (non-hydrogen) atoms. The SMILES string of the molecule is c1cc([C@@H]2CCC[C@]3(C2)OOC2(O3)C3CC4CC(C3)CC2C4)ccc1OCCCCC1CCOCC1. The summed E-state index contributed by atoms with van der Waals surface area (Å²) in [5, 5.41) is 0. The Balaban J connectivity index is 0.922. The van der Waals surface area contributed by atoms with Crippen LogP contribution in [0, 0.1) is 29.6 Å². The van der Waals surface area contributed by atoms with Gasteiger partial charge in [0.2, 0.25) is 11.6 Å². The van der Waals surface area contributed by atoms with Gasteiger partial charge >= 0.3 is 0 Å². The first-order valence-electron chi connectivity index (χ1n) is 15.1. The van der Waals surface area contributed by atoms with Crippen molar-refractivity contribution < 1.29 is 24.0 Å². The van der Waals surface area contributed by atoms with Crippen LogP contribution >= 0.6 is 0 Å². The average Bonchev–Trinajstić information content (AvgIpc) is 3.27. The molecule has 5 saturated carbocycles. The van der Waals surface area contributed by atoms with Crippen molar-refractivity contribution in [2.45, 2.75) is 107 Å². The summed E-state index contributed by atoms with van der Waals surface area (Å²) in [5.74, 6) is 4.12. The molecule has 7 fully saturated rings. The van der Waals surface area contributed by atoms with Crippen molar-refractivity contribution in [3.63, 3.8) is 0 Å².